The Morgan fingerprint density at radius 3 is 2.71 bits per heavy atom. The van der Waals surface area contributed by atoms with E-state index in [1.165, 1.54) is 19.3 Å². The molecular weight excluding hydrogens is 264 g/mol. The van der Waals surface area contributed by atoms with Crippen LogP contribution < -0.4 is 0 Å². The summed E-state index contributed by atoms with van der Waals surface area (Å²) in [6, 6.07) is 9.59. The monoisotopic (exact) mass is 284 g/mol. The van der Waals surface area contributed by atoms with Crippen molar-refractivity contribution in [2.75, 3.05) is 0 Å². The molecule has 0 atom stereocenters. The van der Waals surface area contributed by atoms with Gasteiger partial charge in [-0.25, -0.2) is 0 Å². The lowest BCUT2D eigenvalue weighted by atomic mass is 9.94. The molecule has 4 heteroatoms. The number of hydrogen-bond acceptors (Lipinski definition) is 3. The molecule has 1 fully saturated rings. The third kappa shape index (κ3) is 3.32. The lowest BCUT2D eigenvalue weighted by molar-refractivity contribution is 0.0578. The minimum absolute atomic E-state index is 0.0300. The zero-order valence-corrected chi connectivity index (χ0v) is 12.1. The van der Waals surface area contributed by atoms with Crippen LogP contribution in [0.1, 0.15) is 48.4 Å². The second kappa shape index (κ2) is 6.57. The third-order valence-corrected chi connectivity index (χ3v) is 4.07. The van der Waals surface area contributed by atoms with Gasteiger partial charge in [0.1, 0.15) is 0 Å². The van der Waals surface area contributed by atoms with E-state index >= 15 is 0 Å². The molecule has 0 spiro atoms. The first kappa shape index (κ1) is 13.9. The summed E-state index contributed by atoms with van der Waals surface area (Å²) in [5, 5.41) is 0. The maximum atomic E-state index is 12.7. The fourth-order valence-corrected chi connectivity index (χ4v) is 2.97. The number of furan rings is 1. The Morgan fingerprint density at radius 1 is 1.19 bits per heavy atom. The Hall–Kier alpha value is -2.10. The second-order valence-corrected chi connectivity index (χ2v) is 5.52. The highest BCUT2D eigenvalue weighted by atomic mass is 16.3. The maximum Gasteiger partial charge on any atom is 0.290 e. The molecule has 0 radical (unpaired) electrons. The average Bonchev–Trinajstić information content (AvgIpc) is 3.08. The molecular formula is C17H20N2O2. The molecule has 0 aliphatic heterocycles. The van der Waals surface area contributed by atoms with Gasteiger partial charge < -0.3 is 9.32 Å². The smallest absolute Gasteiger partial charge is 0.290 e. The highest BCUT2D eigenvalue weighted by molar-refractivity contribution is 5.91. The zero-order chi connectivity index (χ0) is 14.5. The number of hydrogen-bond donors (Lipinski definition) is 0. The Bertz CT molecular complexity index is 560. The predicted molar refractivity (Wildman–Crippen MR) is 79.7 cm³/mol. The van der Waals surface area contributed by atoms with Gasteiger partial charge in [0.05, 0.1) is 18.5 Å². The van der Waals surface area contributed by atoms with Gasteiger partial charge in [0.15, 0.2) is 5.76 Å². The summed E-state index contributed by atoms with van der Waals surface area (Å²) < 4.78 is 5.29. The number of nitrogens with zero attached hydrogens (tertiary/aromatic N) is 2. The summed E-state index contributed by atoms with van der Waals surface area (Å²) >= 11 is 0. The summed E-state index contributed by atoms with van der Waals surface area (Å²) in [4.78, 5) is 19.0. The van der Waals surface area contributed by atoms with Crippen molar-refractivity contribution >= 4 is 5.91 Å². The van der Waals surface area contributed by atoms with E-state index in [-0.39, 0.29) is 5.91 Å². The lowest BCUT2D eigenvalue weighted by Gasteiger charge is -2.33. The van der Waals surface area contributed by atoms with E-state index in [1.54, 1.807) is 24.6 Å². The number of amides is 1. The lowest BCUT2D eigenvalue weighted by Crippen LogP contribution is -2.41. The summed E-state index contributed by atoms with van der Waals surface area (Å²) in [6.45, 7) is 0.547. The zero-order valence-electron chi connectivity index (χ0n) is 12.1. The van der Waals surface area contributed by atoms with E-state index in [1.807, 2.05) is 23.1 Å². The maximum absolute atomic E-state index is 12.7. The van der Waals surface area contributed by atoms with Crippen molar-refractivity contribution in [3.8, 4) is 0 Å². The van der Waals surface area contributed by atoms with Gasteiger partial charge >= 0.3 is 0 Å². The van der Waals surface area contributed by atoms with Crippen molar-refractivity contribution in [3.05, 3.63) is 54.2 Å². The van der Waals surface area contributed by atoms with Gasteiger partial charge in [0, 0.05) is 12.2 Å². The molecule has 3 rings (SSSR count). The van der Waals surface area contributed by atoms with Crippen LogP contribution in [-0.2, 0) is 6.54 Å². The molecule has 1 aliphatic carbocycles. The fourth-order valence-electron chi connectivity index (χ4n) is 2.97. The van der Waals surface area contributed by atoms with E-state index < -0.39 is 0 Å². The first-order chi connectivity index (χ1) is 10.3. The Morgan fingerprint density at radius 2 is 2.05 bits per heavy atom. The molecule has 110 valence electrons. The van der Waals surface area contributed by atoms with Gasteiger partial charge in [-0.2, -0.15) is 0 Å². The molecule has 1 aliphatic rings. The second-order valence-electron chi connectivity index (χ2n) is 5.52. The normalized spacial score (nSPS) is 15.8. The van der Waals surface area contributed by atoms with Gasteiger partial charge in [0.2, 0.25) is 0 Å². The molecule has 4 nitrogen and oxygen atoms in total. The molecule has 0 aromatic carbocycles. The van der Waals surface area contributed by atoms with Crippen molar-refractivity contribution in [1.29, 1.82) is 0 Å². The molecule has 1 amide bonds. The van der Waals surface area contributed by atoms with Crippen molar-refractivity contribution in [2.45, 2.75) is 44.7 Å². The Labute approximate surface area is 124 Å². The Kier molecular flexibility index (Phi) is 4.34. The van der Waals surface area contributed by atoms with Crippen LogP contribution in [0, 0.1) is 0 Å². The summed E-state index contributed by atoms with van der Waals surface area (Å²) in [7, 11) is 0. The number of aromatic nitrogens is 1. The van der Waals surface area contributed by atoms with E-state index in [0.717, 1.165) is 18.5 Å². The van der Waals surface area contributed by atoms with Crippen LogP contribution in [0.15, 0.2) is 47.2 Å². The van der Waals surface area contributed by atoms with E-state index in [2.05, 4.69) is 4.98 Å². The number of pyridine rings is 1. The van der Waals surface area contributed by atoms with Gasteiger partial charge in [-0.05, 0) is 37.1 Å². The molecule has 0 bridgehead atoms. The van der Waals surface area contributed by atoms with Crippen molar-refractivity contribution < 1.29 is 9.21 Å². The molecule has 0 unspecified atom stereocenters. The number of carbonyl (C=O) groups is 1. The summed E-state index contributed by atoms with van der Waals surface area (Å²) in [6.07, 6.45) is 9.10. The van der Waals surface area contributed by atoms with Crippen LogP contribution in [0.5, 0.6) is 0 Å². The molecule has 2 heterocycles. The number of rotatable bonds is 4. The summed E-state index contributed by atoms with van der Waals surface area (Å²) in [5.74, 6) is 0.383. The fraction of sp³-hybridized carbons (Fsp3) is 0.412. The van der Waals surface area contributed by atoms with Gasteiger partial charge in [-0.3, -0.25) is 9.78 Å². The highest BCUT2D eigenvalue weighted by Crippen LogP contribution is 2.25. The van der Waals surface area contributed by atoms with Gasteiger partial charge in [-0.15, -0.1) is 0 Å². The Balaban J connectivity index is 1.81. The topological polar surface area (TPSA) is 46.3 Å². The molecule has 0 N–H and O–H groups in total. The van der Waals surface area contributed by atoms with Crippen LogP contribution in [0.2, 0.25) is 0 Å². The minimum Gasteiger partial charge on any atom is -0.459 e. The highest BCUT2D eigenvalue weighted by Gasteiger charge is 2.28. The first-order valence-corrected chi connectivity index (χ1v) is 7.59. The molecule has 1 saturated carbocycles. The van der Waals surface area contributed by atoms with Crippen LogP contribution in [0.3, 0.4) is 0 Å². The van der Waals surface area contributed by atoms with Crippen LogP contribution in [0.4, 0.5) is 0 Å². The largest absolute Gasteiger partial charge is 0.459 e. The van der Waals surface area contributed by atoms with E-state index in [4.69, 9.17) is 4.42 Å². The van der Waals surface area contributed by atoms with Crippen LogP contribution >= 0.6 is 0 Å². The van der Waals surface area contributed by atoms with Gasteiger partial charge in [-0.1, -0.05) is 25.3 Å². The minimum atomic E-state index is -0.0300. The van der Waals surface area contributed by atoms with Crippen LogP contribution in [-0.4, -0.2) is 21.8 Å². The van der Waals surface area contributed by atoms with Gasteiger partial charge in [0.25, 0.3) is 5.91 Å². The summed E-state index contributed by atoms with van der Waals surface area (Å²) in [5.41, 5.74) is 0.919. The standard InChI is InChI=1S/C17H20N2O2/c20-17(16-10-6-12-21-16)19(15-8-2-1-3-9-15)13-14-7-4-5-11-18-14/h4-7,10-12,15H,1-3,8-9,13H2. The third-order valence-electron chi connectivity index (χ3n) is 4.07. The quantitative estimate of drug-likeness (QED) is 0.861. The first-order valence-electron chi connectivity index (χ1n) is 7.59. The average molecular weight is 284 g/mol. The molecule has 2 aromatic heterocycles. The van der Waals surface area contributed by atoms with Crippen molar-refractivity contribution in [2.24, 2.45) is 0 Å². The molecule has 21 heavy (non-hydrogen) atoms. The SMILES string of the molecule is O=C(c1ccco1)N(Cc1ccccn1)C1CCCCC1. The van der Waals surface area contributed by atoms with Crippen molar-refractivity contribution in [1.82, 2.24) is 9.88 Å². The number of carbonyl (C=O) groups excluding carboxylic acids is 1. The van der Waals surface area contributed by atoms with E-state index in [9.17, 15) is 4.79 Å². The van der Waals surface area contributed by atoms with Crippen LogP contribution in [0.25, 0.3) is 0 Å². The van der Waals surface area contributed by atoms with Crippen molar-refractivity contribution in [3.63, 3.8) is 0 Å². The predicted octanol–water partition coefficient (Wildman–Crippen LogP) is 3.65. The van der Waals surface area contributed by atoms with E-state index in [0.29, 0.717) is 18.3 Å². The molecule has 0 saturated heterocycles. The molecule has 2 aromatic rings.